The summed E-state index contributed by atoms with van der Waals surface area (Å²) >= 11 is 0. The number of nitrogens with two attached hydrogens (primary N) is 1. The standard InChI is InChI=1S/C4H11N.C2H8N2/c1-3-5-4-2;1-2-4-3/h5H,3-4H2,1-2H3;4H,2-3H2,1H3. The SMILES string of the molecule is CCNCC.CCNN. The molecule has 9 heavy (non-hydrogen) atoms. The topological polar surface area (TPSA) is 50.1 Å². The van der Waals surface area contributed by atoms with Crippen LogP contribution in [0.15, 0.2) is 0 Å². The average molecular weight is 133 g/mol. The first-order valence-corrected chi connectivity index (χ1v) is 3.47. The van der Waals surface area contributed by atoms with E-state index >= 15 is 0 Å². The first-order chi connectivity index (χ1) is 4.33. The molecule has 0 rings (SSSR count). The molecule has 58 valence electrons. The second kappa shape index (κ2) is 15.7. The van der Waals surface area contributed by atoms with E-state index in [9.17, 15) is 0 Å². The first-order valence-electron chi connectivity index (χ1n) is 3.47. The van der Waals surface area contributed by atoms with Crippen LogP contribution in [0.2, 0.25) is 0 Å². The molecule has 0 aliphatic heterocycles. The molecule has 0 aromatic carbocycles. The van der Waals surface area contributed by atoms with E-state index in [0.29, 0.717) is 0 Å². The highest BCUT2D eigenvalue weighted by molar-refractivity contribution is 4.27. The van der Waals surface area contributed by atoms with Gasteiger partial charge in [-0.1, -0.05) is 20.8 Å². The molecule has 0 saturated carbocycles. The maximum atomic E-state index is 4.78. The van der Waals surface area contributed by atoms with Crippen molar-refractivity contribution < 1.29 is 0 Å². The number of hydrazine groups is 1. The van der Waals surface area contributed by atoms with Crippen LogP contribution in [-0.4, -0.2) is 19.6 Å². The molecule has 0 heterocycles. The van der Waals surface area contributed by atoms with Crippen molar-refractivity contribution >= 4 is 0 Å². The molecule has 0 aliphatic rings. The zero-order chi connectivity index (χ0) is 7.54. The van der Waals surface area contributed by atoms with Crippen LogP contribution in [0.1, 0.15) is 20.8 Å². The van der Waals surface area contributed by atoms with Gasteiger partial charge in [0.25, 0.3) is 0 Å². The average Bonchev–Trinajstić information content (AvgIpc) is 1.91. The van der Waals surface area contributed by atoms with Gasteiger partial charge in [0.1, 0.15) is 0 Å². The third-order valence-electron chi connectivity index (χ3n) is 0.704. The Labute approximate surface area is 58.0 Å². The van der Waals surface area contributed by atoms with Crippen molar-refractivity contribution in [2.24, 2.45) is 5.84 Å². The summed E-state index contributed by atoms with van der Waals surface area (Å²) < 4.78 is 0. The van der Waals surface area contributed by atoms with Crippen molar-refractivity contribution in [2.45, 2.75) is 20.8 Å². The summed E-state index contributed by atoms with van der Waals surface area (Å²) in [4.78, 5) is 0. The first kappa shape index (κ1) is 11.6. The van der Waals surface area contributed by atoms with Gasteiger partial charge in [-0.2, -0.15) is 0 Å². The highest BCUT2D eigenvalue weighted by Gasteiger charge is 1.62. The largest absolute Gasteiger partial charge is 0.317 e. The molecule has 0 fully saturated rings. The van der Waals surface area contributed by atoms with E-state index in [1.165, 1.54) is 0 Å². The normalized spacial score (nSPS) is 8.00. The van der Waals surface area contributed by atoms with Crippen molar-refractivity contribution in [3.8, 4) is 0 Å². The van der Waals surface area contributed by atoms with Crippen LogP contribution in [0.5, 0.6) is 0 Å². The van der Waals surface area contributed by atoms with Crippen molar-refractivity contribution in [1.29, 1.82) is 0 Å². The van der Waals surface area contributed by atoms with Crippen LogP contribution in [0.25, 0.3) is 0 Å². The minimum Gasteiger partial charge on any atom is -0.317 e. The van der Waals surface area contributed by atoms with E-state index in [1.807, 2.05) is 6.92 Å². The zero-order valence-electron chi connectivity index (χ0n) is 6.70. The summed E-state index contributed by atoms with van der Waals surface area (Å²) in [6.07, 6.45) is 0. The molecule has 0 unspecified atom stereocenters. The lowest BCUT2D eigenvalue weighted by Crippen LogP contribution is -2.20. The lowest BCUT2D eigenvalue weighted by Gasteiger charge is -1.86. The smallest absolute Gasteiger partial charge is 0.00689 e. The van der Waals surface area contributed by atoms with Gasteiger partial charge >= 0.3 is 0 Å². The molecular weight excluding hydrogens is 114 g/mol. The van der Waals surface area contributed by atoms with Crippen LogP contribution < -0.4 is 16.6 Å². The van der Waals surface area contributed by atoms with Crippen molar-refractivity contribution in [3.63, 3.8) is 0 Å². The molecule has 0 atom stereocenters. The van der Waals surface area contributed by atoms with Gasteiger partial charge < -0.3 is 5.32 Å². The lowest BCUT2D eigenvalue weighted by atomic mass is 10.7. The summed E-state index contributed by atoms with van der Waals surface area (Å²) in [5, 5.41) is 3.11. The number of rotatable bonds is 3. The maximum Gasteiger partial charge on any atom is 0.00689 e. The summed E-state index contributed by atoms with van der Waals surface area (Å²) in [6.45, 7) is 9.18. The highest BCUT2D eigenvalue weighted by atomic mass is 15.2. The van der Waals surface area contributed by atoms with Gasteiger partial charge in [-0.05, 0) is 13.1 Å². The molecule has 0 aromatic heterocycles. The molecule has 0 saturated heterocycles. The van der Waals surface area contributed by atoms with E-state index in [0.717, 1.165) is 19.6 Å². The highest BCUT2D eigenvalue weighted by Crippen LogP contribution is 1.47. The fraction of sp³-hybridized carbons (Fsp3) is 1.00. The van der Waals surface area contributed by atoms with Crippen molar-refractivity contribution in [1.82, 2.24) is 10.7 Å². The Bertz CT molecular complexity index is 27.5. The Balaban J connectivity index is 0. The summed E-state index contributed by atoms with van der Waals surface area (Å²) in [5.74, 6) is 4.78. The van der Waals surface area contributed by atoms with Crippen molar-refractivity contribution in [3.05, 3.63) is 0 Å². The fourth-order valence-electron chi connectivity index (χ4n) is 0.250. The van der Waals surface area contributed by atoms with Crippen LogP contribution >= 0.6 is 0 Å². The Hall–Kier alpha value is -0.120. The van der Waals surface area contributed by atoms with E-state index in [-0.39, 0.29) is 0 Å². The minimum absolute atomic E-state index is 0.847. The summed E-state index contributed by atoms with van der Waals surface area (Å²) in [7, 11) is 0. The van der Waals surface area contributed by atoms with E-state index in [4.69, 9.17) is 5.84 Å². The van der Waals surface area contributed by atoms with Crippen molar-refractivity contribution in [2.75, 3.05) is 19.6 Å². The molecule has 0 spiro atoms. The second-order valence-corrected chi connectivity index (χ2v) is 1.51. The maximum absolute atomic E-state index is 4.78. The van der Waals surface area contributed by atoms with Gasteiger partial charge in [-0.25, -0.2) is 0 Å². The molecule has 3 heteroatoms. The summed E-state index contributed by atoms with van der Waals surface area (Å²) in [5.41, 5.74) is 2.43. The van der Waals surface area contributed by atoms with Gasteiger partial charge in [0, 0.05) is 6.54 Å². The van der Waals surface area contributed by atoms with Crippen LogP contribution in [0.4, 0.5) is 0 Å². The third-order valence-corrected chi connectivity index (χ3v) is 0.704. The predicted octanol–water partition coefficient (Wildman–Crippen LogP) is 0.0854. The second-order valence-electron chi connectivity index (χ2n) is 1.51. The quantitative estimate of drug-likeness (QED) is 0.377. The molecule has 0 aliphatic carbocycles. The van der Waals surface area contributed by atoms with Gasteiger partial charge in [-0.15, -0.1) is 0 Å². The predicted molar refractivity (Wildman–Crippen MR) is 42.1 cm³/mol. The number of nitrogens with one attached hydrogen (secondary N) is 2. The molecule has 3 nitrogen and oxygen atoms in total. The monoisotopic (exact) mass is 133 g/mol. The van der Waals surface area contributed by atoms with Crippen LogP contribution in [0, 0.1) is 0 Å². The Morgan fingerprint density at radius 3 is 1.33 bits per heavy atom. The molecule has 0 aromatic rings. The summed E-state index contributed by atoms with van der Waals surface area (Å²) in [6, 6.07) is 0. The van der Waals surface area contributed by atoms with Gasteiger partial charge in [0.15, 0.2) is 0 Å². The third kappa shape index (κ3) is 32.8. The Kier molecular flexibility index (Phi) is 20.3. The lowest BCUT2D eigenvalue weighted by molar-refractivity contribution is 0.762. The molecule has 0 radical (unpaired) electrons. The van der Waals surface area contributed by atoms with E-state index in [1.54, 1.807) is 0 Å². The van der Waals surface area contributed by atoms with E-state index in [2.05, 4.69) is 24.6 Å². The van der Waals surface area contributed by atoms with E-state index < -0.39 is 0 Å². The molecule has 0 amide bonds. The number of hydrogen-bond acceptors (Lipinski definition) is 3. The van der Waals surface area contributed by atoms with Gasteiger partial charge in [-0.3, -0.25) is 11.3 Å². The molecule has 0 bridgehead atoms. The van der Waals surface area contributed by atoms with Gasteiger partial charge in [0.05, 0.1) is 0 Å². The Morgan fingerprint density at radius 1 is 1.00 bits per heavy atom. The minimum atomic E-state index is 0.847. The van der Waals surface area contributed by atoms with Gasteiger partial charge in [0.2, 0.25) is 0 Å². The fourth-order valence-corrected chi connectivity index (χ4v) is 0.250. The number of hydrogen-bond donors (Lipinski definition) is 3. The zero-order valence-corrected chi connectivity index (χ0v) is 6.70. The van der Waals surface area contributed by atoms with Crippen LogP contribution in [-0.2, 0) is 0 Å². The van der Waals surface area contributed by atoms with Crippen LogP contribution in [0.3, 0.4) is 0 Å². The Morgan fingerprint density at radius 2 is 1.33 bits per heavy atom. The molecular formula is C6H19N3. The molecule has 4 N–H and O–H groups in total.